The number of aromatic nitrogens is 1. The maximum Gasteiger partial charge on any atom is 0.409 e. The lowest BCUT2D eigenvalue weighted by molar-refractivity contribution is 0.0982. The van der Waals surface area contributed by atoms with Crippen LogP contribution in [0.2, 0.25) is 0 Å². The molecule has 2 aromatic rings. The first-order valence-electron chi connectivity index (χ1n) is 9.99. The third-order valence-electron chi connectivity index (χ3n) is 5.12. The van der Waals surface area contributed by atoms with E-state index in [1.54, 1.807) is 17.2 Å². The Kier molecular flexibility index (Phi) is 6.69. The van der Waals surface area contributed by atoms with Crippen molar-refractivity contribution in [1.82, 2.24) is 9.88 Å². The van der Waals surface area contributed by atoms with Crippen LogP contribution in [-0.2, 0) is 4.74 Å². The Bertz CT molecular complexity index is 839. The number of aryl methyl sites for hydroxylation is 2. The van der Waals surface area contributed by atoms with Crippen LogP contribution in [0.5, 0.6) is 0 Å². The quantitative estimate of drug-likeness (QED) is 0.799. The standard InChI is InChI=1S/C22H28N4O3/c1-4-29-22(28)26-12-10-18(11-13-26)24-19-9-8-17(14-23-19)21(27)25-20-15(2)6-5-7-16(20)3/h5-9,14,18H,4,10-13H2,1-3H3,(H,23,24)(H,25,27). The first-order valence-corrected chi connectivity index (χ1v) is 9.99. The van der Waals surface area contributed by atoms with E-state index in [1.807, 2.05) is 45.0 Å². The van der Waals surface area contributed by atoms with Crippen LogP contribution in [0.3, 0.4) is 0 Å². The minimum Gasteiger partial charge on any atom is -0.450 e. The number of nitrogens with one attached hydrogen (secondary N) is 2. The zero-order chi connectivity index (χ0) is 20.8. The molecule has 1 saturated heterocycles. The van der Waals surface area contributed by atoms with Crippen LogP contribution in [-0.4, -0.2) is 47.6 Å². The Labute approximate surface area is 171 Å². The van der Waals surface area contributed by atoms with E-state index in [0.29, 0.717) is 25.3 Å². The molecule has 0 radical (unpaired) electrons. The van der Waals surface area contributed by atoms with Crippen LogP contribution in [0.1, 0.15) is 41.3 Å². The van der Waals surface area contributed by atoms with Gasteiger partial charge in [0.25, 0.3) is 5.91 Å². The van der Waals surface area contributed by atoms with Gasteiger partial charge in [0.1, 0.15) is 5.82 Å². The highest BCUT2D eigenvalue weighted by molar-refractivity contribution is 6.04. The number of likely N-dealkylation sites (tertiary alicyclic amines) is 1. The van der Waals surface area contributed by atoms with Crippen molar-refractivity contribution in [1.29, 1.82) is 0 Å². The van der Waals surface area contributed by atoms with Gasteiger partial charge in [-0.3, -0.25) is 4.79 Å². The molecule has 0 unspecified atom stereocenters. The van der Waals surface area contributed by atoms with Crippen LogP contribution in [0.4, 0.5) is 16.3 Å². The summed E-state index contributed by atoms with van der Waals surface area (Å²) in [6, 6.07) is 9.74. The van der Waals surface area contributed by atoms with Gasteiger partial charge in [0.2, 0.25) is 0 Å². The Hall–Kier alpha value is -3.09. The van der Waals surface area contributed by atoms with E-state index >= 15 is 0 Å². The highest BCUT2D eigenvalue weighted by Gasteiger charge is 2.23. The molecule has 1 aliphatic heterocycles. The molecule has 29 heavy (non-hydrogen) atoms. The number of rotatable bonds is 5. The zero-order valence-corrected chi connectivity index (χ0v) is 17.2. The molecule has 2 amide bonds. The number of nitrogens with zero attached hydrogens (tertiary/aromatic N) is 2. The largest absolute Gasteiger partial charge is 0.450 e. The molecule has 7 nitrogen and oxygen atoms in total. The summed E-state index contributed by atoms with van der Waals surface area (Å²) >= 11 is 0. The van der Waals surface area contributed by atoms with Crippen molar-refractivity contribution in [3.8, 4) is 0 Å². The normalized spacial score (nSPS) is 14.4. The second-order valence-electron chi connectivity index (χ2n) is 7.26. The van der Waals surface area contributed by atoms with E-state index in [4.69, 9.17) is 4.74 Å². The lowest BCUT2D eigenvalue weighted by atomic mass is 10.1. The second kappa shape index (κ2) is 9.41. The fraction of sp³-hybridized carbons (Fsp3) is 0.409. The van der Waals surface area contributed by atoms with Crippen LogP contribution >= 0.6 is 0 Å². The van der Waals surface area contributed by atoms with Gasteiger partial charge < -0.3 is 20.3 Å². The number of para-hydroxylation sites is 1. The third kappa shape index (κ3) is 5.25. The molecule has 7 heteroatoms. The molecule has 3 rings (SSSR count). The molecule has 0 atom stereocenters. The van der Waals surface area contributed by atoms with Crippen LogP contribution in [0.25, 0.3) is 0 Å². The van der Waals surface area contributed by atoms with E-state index < -0.39 is 0 Å². The van der Waals surface area contributed by atoms with E-state index in [-0.39, 0.29) is 18.0 Å². The van der Waals surface area contributed by atoms with Crippen molar-refractivity contribution in [3.63, 3.8) is 0 Å². The maximum atomic E-state index is 12.6. The number of anilines is 2. The third-order valence-corrected chi connectivity index (χ3v) is 5.12. The lowest BCUT2D eigenvalue weighted by Gasteiger charge is -2.31. The Balaban J connectivity index is 1.54. The number of carbonyl (C=O) groups excluding carboxylic acids is 2. The first-order chi connectivity index (χ1) is 14.0. The van der Waals surface area contributed by atoms with Gasteiger partial charge >= 0.3 is 6.09 Å². The molecule has 0 aliphatic carbocycles. The van der Waals surface area contributed by atoms with Gasteiger partial charge in [-0.15, -0.1) is 0 Å². The number of hydrogen-bond donors (Lipinski definition) is 2. The molecule has 154 valence electrons. The van der Waals surface area contributed by atoms with Crippen LogP contribution < -0.4 is 10.6 Å². The fourth-order valence-corrected chi connectivity index (χ4v) is 3.44. The average Bonchev–Trinajstić information content (AvgIpc) is 2.72. The van der Waals surface area contributed by atoms with Gasteiger partial charge in [0, 0.05) is 31.0 Å². The summed E-state index contributed by atoms with van der Waals surface area (Å²) in [6.45, 7) is 7.47. The SMILES string of the molecule is CCOC(=O)N1CCC(Nc2ccc(C(=O)Nc3c(C)cccc3C)cn2)CC1. The summed E-state index contributed by atoms with van der Waals surface area (Å²) in [5.74, 6) is 0.549. The highest BCUT2D eigenvalue weighted by atomic mass is 16.6. The number of hydrogen-bond acceptors (Lipinski definition) is 5. The molecule has 2 heterocycles. The first kappa shape index (κ1) is 20.6. The van der Waals surface area contributed by atoms with Gasteiger partial charge in [-0.1, -0.05) is 18.2 Å². The minimum absolute atomic E-state index is 0.177. The highest BCUT2D eigenvalue weighted by Crippen LogP contribution is 2.21. The second-order valence-corrected chi connectivity index (χ2v) is 7.26. The topological polar surface area (TPSA) is 83.6 Å². The summed E-state index contributed by atoms with van der Waals surface area (Å²) in [5.41, 5.74) is 3.40. The molecule has 0 bridgehead atoms. The van der Waals surface area contributed by atoms with Crippen molar-refractivity contribution in [2.24, 2.45) is 0 Å². The van der Waals surface area contributed by atoms with Crippen molar-refractivity contribution < 1.29 is 14.3 Å². The average molecular weight is 396 g/mol. The van der Waals surface area contributed by atoms with Gasteiger partial charge in [-0.2, -0.15) is 0 Å². The predicted octanol–water partition coefficient (Wildman–Crippen LogP) is 3.98. The van der Waals surface area contributed by atoms with Gasteiger partial charge in [-0.05, 0) is 56.9 Å². The predicted molar refractivity (Wildman–Crippen MR) is 113 cm³/mol. The number of pyridine rings is 1. The van der Waals surface area contributed by atoms with Crippen molar-refractivity contribution in [2.45, 2.75) is 39.7 Å². The molecular formula is C22H28N4O3. The summed E-state index contributed by atoms with van der Waals surface area (Å²) in [6.07, 6.45) is 2.99. The molecule has 0 saturated carbocycles. The zero-order valence-electron chi connectivity index (χ0n) is 17.2. The number of amides is 2. The number of ether oxygens (including phenoxy) is 1. The van der Waals surface area contributed by atoms with Crippen LogP contribution in [0.15, 0.2) is 36.5 Å². The fourth-order valence-electron chi connectivity index (χ4n) is 3.44. The van der Waals surface area contributed by atoms with E-state index in [2.05, 4.69) is 15.6 Å². The summed E-state index contributed by atoms with van der Waals surface area (Å²) in [7, 11) is 0. The number of benzene rings is 1. The van der Waals surface area contributed by atoms with Gasteiger partial charge in [0.15, 0.2) is 0 Å². The minimum atomic E-state index is -0.247. The maximum absolute atomic E-state index is 12.6. The smallest absolute Gasteiger partial charge is 0.409 e. The van der Waals surface area contributed by atoms with E-state index in [1.165, 1.54) is 0 Å². The molecule has 1 fully saturated rings. The Morgan fingerprint density at radius 1 is 1.14 bits per heavy atom. The number of carbonyl (C=O) groups is 2. The monoisotopic (exact) mass is 396 g/mol. The summed E-state index contributed by atoms with van der Waals surface area (Å²) in [5, 5.41) is 6.36. The molecular weight excluding hydrogens is 368 g/mol. The molecule has 1 aromatic heterocycles. The van der Waals surface area contributed by atoms with E-state index in [0.717, 1.165) is 35.5 Å². The Morgan fingerprint density at radius 3 is 2.41 bits per heavy atom. The van der Waals surface area contributed by atoms with Crippen molar-refractivity contribution >= 4 is 23.5 Å². The number of piperidine rings is 1. The van der Waals surface area contributed by atoms with Crippen LogP contribution in [0, 0.1) is 13.8 Å². The molecule has 2 N–H and O–H groups in total. The molecule has 1 aliphatic rings. The summed E-state index contributed by atoms with van der Waals surface area (Å²) < 4.78 is 5.04. The summed E-state index contributed by atoms with van der Waals surface area (Å²) in [4.78, 5) is 30.4. The van der Waals surface area contributed by atoms with Crippen molar-refractivity contribution in [3.05, 3.63) is 53.2 Å². The van der Waals surface area contributed by atoms with Gasteiger partial charge in [0.05, 0.1) is 12.2 Å². The molecule has 1 aromatic carbocycles. The van der Waals surface area contributed by atoms with Gasteiger partial charge in [-0.25, -0.2) is 9.78 Å². The Morgan fingerprint density at radius 2 is 1.83 bits per heavy atom. The lowest BCUT2D eigenvalue weighted by Crippen LogP contribution is -2.42. The van der Waals surface area contributed by atoms with E-state index in [9.17, 15) is 9.59 Å². The van der Waals surface area contributed by atoms with Crippen molar-refractivity contribution in [2.75, 3.05) is 30.3 Å². The molecule has 0 spiro atoms.